The van der Waals surface area contributed by atoms with Gasteiger partial charge in [0.05, 0.1) is 22.3 Å². The molecular formula is C14H3F5O3. The Hall–Kier alpha value is -2.77. The SMILES string of the molecule is O=C1c2c(O)ccc(F)c2C(=O)c2c(F)c(F)c(F)c(F)c21. The summed E-state index contributed by atoms with van der Waals surface area (Å²) in [5.74, 6) is -14.0. The summed E-state index contributed by atoms with van der Waals surface area (Å²) in [4.78, 5) is 24.2. The number of rotatable bonds is 0. The summed E-state index contributed by atoms with van der Waals surface area (Å²) in [6.45, 7) is 0. The van der Waals surface area contributed by atoms with Crippen molar-refractivity contribution in [2.24, 2.45) is 0 Å². The standard InChI is InChI=1S/C14H3F5O3/c15-3-1-2-4(20)6-5(3)13(21)7-8(14(6)22)10(17)12(19)11(18)9(7)16/h1-2,20H. The van der Waals surface area contributed by atoms with Gasteiger partial charge in [0.15, 0.2) is 23.3 Å². The fourth-order valence-electron chi connectivity index (χ4n) is 2.33. The van der Waals surface area contributed by atoms with Crippen LogP contribution in [-0.2, 0) is 0 Å². The van der Waals surface area contributed by atoms with Crippen LogP contribution in [0.1, 0.15) is 31.8 Å². The Morgan fingerprint density at radius 1 is 0.636 bits per heavy atom. The second-order valence-corrected chi connectivity index (χ2v) is 4.48. The Kier molecular flexibility index (Phi) is 2.81. The minimum absolute atomic E-state index is 0.623. The van der Waals surface area contributed by atoms with Crippen molar-refractivity contribution in [3.05, 3.63) is 63.5 Å². The third-order valence-corrected chi connectivity index (χ3v) is 3.31. The van der Waals surface area contributed by atoms with Gasteiger partial charge in [0.1, 0.15) is 11.6 Å². The van der Waals surface area contributed by atoms with E-state index in [2.05, 4.69) is 0 Å². The minimum Gasteiger partial charge on any atom is -0.507 e. The van der Waals surface area contributed by atoms with Gasteiger partial charge < -0.3 is 5.11 Å². The van der Waals surface area contributed by atoms with Crippen molar-refractivity contribution in [1.82, 2.24) is 0 Å². The number of phenols is 1. The maximum absolute atomic E-state index is 13.7. The summed E-state index contributed by atoms with van der Waals surface area (Å²) in [6.07, 6.45) is 0. The van der Waals surface area contributed by atoms with Crippen LogP contribution < -0.4 is 0 Å². The van der Waals surface area contributed by atoms with Gasteiger partial charge >= 0.3 is 0 Å². The van der Waals surface area contributed by atoms with Crippen LogP contribution in [0.3, 0.4) is 0 Å². The van der Waals surface area contributed by atoms with Gasteiger partial charge in [-0.15, -0.1) is 0 Å². The molecule has 0 unspecified atom stereocenters. The van der Waals surface area contributed by atoms with Gasteiger partial charge in [-0.1, -0.05) is 0 Å². The van der Waals surface area contributed by atoms with Crippen LogP contribution in [0.4, 0.5) is 22.0 Å². The highest BCUT2D eigenvalue weighted by Gasteiger charge is 2.41. The number of benzene rings is 2. The lowest BCUT2D eigenvalue weighted by molar-refractivity contribution is 0.0963. The third-order valence-electron chi connectivity index (χ3n) is 3.31. The van der Waals surface area contributed by atoms with Crippen molar-refractivity contribution in [2.75, 3.05) is 0 Å². The highest BCUT2D eigenvalue weighted by molar-refractivity contribution is 6.29. The number of carbonyl (C=O) groups is 2. The summed E-state index contributed by atoms with van der Waals surface area (Å²) in [6, 6.07) is 1.34. The van der Waals surface area contributed by atoms with E-state index in [9.17, 15) is 36.6 Å². The summed E-state index contributed by atoms with van der Waals surface area (Å²) in [5.41, 5.74) is -4.74. The van der Waals surface area contributed by atoms with Crippen molar-refractivity contribution in [3.8, 4) is 5.75 Å². The molecule has 112 valence electrons. The first-order chi connectivity index (χ1) is 10.3. The molecule has 3 nitrogen and oxygen atoms in total. The lowest BCUT2D eigenvalue weighted by Gasteiger charge is -2.20. The van der Waals surface area contributed by atoms with Crippen molar-refractivity contribution >= 4 is 11.6 Å². The van der Waals surface area contributed by atoms with Crippen LogP contribution >= 0.6 is 0 Å². The Morgan fingerprint density at radius 2 is 1.09 bits per heavy atom. The molecule has 2 aromatic rings. The summed E-state index contributed by atoms with van der Waals surface area (Å²) in [5, 5.41) is 9.55. The van der Waals surface area contributed by atoms with E-state index in [1.165, 1.54) is 0 Å². The number of phenolic OH excluding ortho intramolecular Hbond substituents is 1. The molecule has 0 spiro atoms. The predicted octanol–water partition coefficient (Wildman–Crippen LogP) is 2.86. The van der Waals surface area contributed by atoms with Crippen LogP contribution in [0, 0.1) is 29.1 Å². The van der Waals surface area contributed by atoms with E-state index in [-0.39, 0.29) is 0 Å². The molecule has 1 aliphatic carbocycles. The van der Waals surface area contributed by atoms with Crippen LogP contribution in [0.2, 0.25) is 0 Å². The Labute approximate surface area is 118 Å². The highest BCUT2D eigenvalue weighted by Crippen LogP contribution is 2.37. The average Bonchev–Trinajstić information content (AvgIpc) is 2.48. The zero-order chi connectivity index (χ0) is 16.3. The molecule has 1 aliphatic rings. The molecule has 0 radical (unpaired) electrons. The van der Waals surface area contributed by atoms with Gasteiger partial charge in [-0.2, -0.15) is 0 Å². The first kappa shape index (κ1) is 14.2. The number of fused-ring (bicyclic) bond motifs is 2. The number of aromatic hydroxyl groups is 1. The number of carbonyl (C=O) groups excluding carboxylic acids is 2. The van der Waals surface area contributed by atoms with Crippen molar-refractivity contribution in [2.45, 2.75) is 0 Å². The van der Waals surface area contributed by atoms with E-state index >= 15 is 0 Å². The zero-order valence-electron chi connectivity index (χ0n) is 10.3. The average molecular weight is 314 g/mol. The van der Waals surface area contributed by atoms with Crippen LogP contribution in [0.15, 0.2) is 12.1 Å². The lowest BCUT2D eigenvalue weighted by atomic mass is 9.82. The molecule has 0 atom stereocenters. The normalized spacial score (nSPS) is 13.1. The lowest BCUT2D eigenvalue weighted by Crippen LogP contribution is -2.27. The number of ketones is 2. The molecule has 0 amide bonds. The quantitative estimate of drug-likeness (QED) is 0.394. The van der Waals surface area contributed by atoms with E-state index in [4.69, 9.17) is 0 Å². The molecule has 0 fully saturated rings. The van der Waals surface area contributed by atoms with E-state index in [1.807, 2.05) is 0 Å². The highest BCUT2D eigenvalue weighted by atomic mass is 19.2. The van der Waals surface area contributed by atoms with Gasteiger partial charge in [-0.25, -0.2) is 22.0 Å². The smallest absolute Gasteiger partial charge is 0.201 e. The van der Waals surface area contributed by atoms with Gasteiger partial charge in [-0.3, -0.25) is 9.59 Å². The molecule has 22 heavy (non-hydrogen) atoms. The zero-order valence-corrected chi connectivity index (χ0v) is 10.3. The van der Waals surface area contributed by atoms with Crippen LogP contribution in [0.5, 0.6) is 5.75 Å². The Bertz CT molecular complexity index is 817. The van der Waals surface area contributed by atoms with Crippen LogP contribution in [-0.4, -0.2) is 16.7 Å². The fourth-order valence-corrected chi connectivity index (χ4v) is 2.33. The van der Waals surface area contributed by atoms with Gasteiger partial charge in [-0.05, 0) is 12.1 Å². The van der Waals surface area contributed by atoms with Gasteiger partial charge in [0.2, 0.25) is 11.6 Å². The number of hydrogen-bond acceptors (Lipinski definition) is 3. The first-order valence-corrected chi connectivity index (χ1v) is 5.74. The van der Waals surface area contributed by atoms with Crippen LogP contribution in [0.25, 0.3) is 0 Å². The molecule has 0 heterocycles. The maximum atomic E-state index is 13.7. The second-order valence-electron chi connectivity index (χ2n) is 4.48. The summed E-state index contributed by atoms with van der Waals surface area (Å²) < 4.78 is 67.7. The van der Waals surface area contributed by atoms with E-state index in [0.717, 1.165) is 6.07 Å². The predicted molar refractivity (Wildman–Crippen MR) is 61.2 cm³/mol. The van der Waals surface area contributed by atoms with E-state index in [1.54, 1.807) is 0 Å². The second kappa shape index (κ2) is 4.36. The largest absolute Gasteiger partial charge is 0.507 e. The summed E-state index contributed by atoms with van der Waals surface area (Å²) in [7, 11) is 0. The number of halogens is 5. The van der Waals surface area contributed by atoms with E-state index < -0.39 is 68.7 Å². The molecule has 3 rings (SSSR count). The molecule has 0 bridgehead atoms. The molecule has 0 aromatic heterocycles. The van der Waals surface area contributed by atoms with Gasteiger partial charge in [0.25, 0.3) is 0 Å². The molecular weight excluding hydrogens is 311 g/mol. The molecule has 8 heteroatoms. The molecule has 0 saturated carbocycles. The monoisotopic (exact) mass is 314 g/mol. The summed E-state index contributed by atoms with van der Waals surface area (Å²) >= 11 is 0. The maximum Gasteiger partial charge on any atom is 0.201 e. The fraction of sp³-hybridized carbons (Fsp3) is 0. The van der Waals surface area contributed by atoms with Crippen molar-refractivity contribution in [1.29, 1.82) is 0 Å². The Morgan fingerprint density at radius 3 is 1.59 bits per heavy atom. The Balaban J connectivity index is 2.50. The molecule has 0 aliphatic heterocycles. The molecule has 2 aromatic carbocycles. The first-order valence-electron chi connectivity index (χ1n) is 5.74. The third kappa shape index (κ3) is 1.54. The number of hydrogen-bond donors (Lipinski definition) is 1. The van der Waals surface area contributed by atoms with Gasteiger partial charge in [0, 0.05) is 0 Å². The minimum atomic E-state index is -2.29. The molecule has 1 N–H and O–H groups in total. The van der Waals surface area contributed by atoms with E-state index in [0.29, 0.717) is 6.07 Å². The van der Waals surface area contributed by atoms with Crippen molar-refractivity contribution < 1.29 is 36.6 Å². The topological polar surface area (TPSA) is 54.4 Å². The van der Waals surface area contributed by atoms with Crippen molar-refractivity contribution in [3.63, 3.8) is 0 Å². The molecule has 0 saturated heterocycles.